The van der Waals surface area contributed by atoms with Gasteiger partial charge in [0.05, 0.1) is 31.0 Å². The fourth-order valence-corrected chi connectivity index (χ4v) is 6.81. The van der Waals surface area contributed by atoms with Crippen LogP contribution < -0.4 is 14.9 Å². The lowest BCUT2D eigenvalue weighted by Gasteiger charge is -2.36. The van der Waals surface area contributed by atoms with Crippen molar-refractivity contribution in [2.24, 2.45) is 0 Å². The lowest BCUT2D eigenvalue weighted by molar-refractivity contribution is 0.0544. The Hall–Kier alpha value is -4.48. The molecular formula is C37H44FN5O4Si. The second-order valence-electron chi connectivity index (χ2n) is 12.2. The fourth-order valence-electron chi connectivity index (χ4n) is 6.00. The first kappa shape index (κ1) is 34.8. The number of aromatic nitrogens is 2. The van der Waals surface area contributed by atoms with E-state index in [1.165, 1.54) is 13.2 Å². The SMILES string of the molecule is CCCCN(CCCC)C(=O)c1cc(C)n(-c2ccc(N[Si]c3ccc(OC)c(F)c3)cc2C(=O)N2Cc3ccccc3C[C@H]2CO)n1. The van der Waals surface area contributed by atoms with Crippen LogP contribution >= 0.6 is 0 Å². The molecule has 0 unspecified atom stereocenters. The monoisotopic (exact) mass is 669 g/mol. The standard InChI is InChI=1S/C37H44FN5O4Si/c1-5-7-17-41(18-8-6-2)37(46)33-19-25(3)43(39-33)34-15-13-28(40-48-30-14-16-35(47-4)32(38)22-30)21-31(34)36(45)42-23-27-12-10-9-11-26(27)20-29(42)24-44/h9-16,19,21-22,29,40,44H,5-8,17-18,20,23-24H2,1-4H3/t29-/m0/s1. The van der Waals surface area contributed by atoms with Crippen molar-refractivity contribution in [1.29, 1.82) is 0 Å². The molecule has 0 saturated heterocycles. The van der Waals surface area contributed by atoms with Crippen molar-refractivity contribution in [2.45, 2.75) is 65.5 Å². The Morgan fingerprint density at radius 3 is 2.44 bits per heavy atom. The summed E-state index contributed by atoms with van der Waals surface area (Å²) in [7, 11) is 1.44. The van der Waals surface area contributed by atoms with E-state index in [-0.39, 0.29) is 33.9 Å². The van der Waals surface area contributed by atoms with E-state index in [0.29, 0.717) is 48.7 Å². The van der Waals surface area contributed by atoms with Gasteiger partial charge >= 0.3 is 0 Å². The first-order chi connectivity index (χ1) is 23.3. The van der Waals surface area contributed by atoms with Crippen LogP contribution in [0.5, 0.6) is 5.75 Å². The number of ether oxygens (including phenoxy) is 1. The van der Waals surface area contributed by atoms with Gasteiger partial charge in [-0.2, -0.15) is 5.10 Å². The zero-order chi connectivity index (χ0) is 34.2. The number of aryl methyl sites for hydroxylation is 1. The highest BCUT2D eigenvalue weighted by atomic mass is 28.2. The number of halogens is 1. The Morgan fingerprint density at radius 1 is 1.04 bits per heavy atom. The molecule has 4 aromatic rings. The highest BCUT2D eigenvalue weighted by Crippen LogP contribution is 2.29. The van der Waals surface area contributed by atoms with E-state index in [1.54, 1.807) is 33.8 Å². The number of carbonyl (C=O) groups excluding carboxylic acids is 2. The van der Waals surface area contributed by atoms with E-state index in [1.807, 2.05) is 48.2 Å². The molecule has 2 radical (unpaired) electrons. The predicted octanol–water partition coefficient (Wildman–Crippen LogP) is 5.29. The Balaban J connectivity index is 1.51. The Kier molecular flexibility index (Phi) is 11.7. The molecular weight excluding hydrogens is 626 g/mol. The van der Waals surface area contributed by atoms with Gasteiger partial charge in [-0.05, 0) is 78.9 Å². The molecule has 0 fully saturated rings. The van der Waals surface area contributed by atoms with E-state index >= 15 is 0 Å². The van der Waals surface area contributed by atoms with E-state index in [4.69, 9.17) is 9.84 Å². The third kappa shape index (κ3) is 7.79. The fraction of sp³-hybridized carbons (Fsp3) is 0.378. The average Bonchev–Trinajstić information content (AvgIpc) is 3.50. The van der Waals surface area contributed by atoms with E-state index in [9.17, 15) is 19.1 Å². The van der Waals surface area contributed by atoms with E-state index in [0.717, 1.165) is 47.7 Å². The molecule has 1 atom stereocenters. The van der Waals surface area contributed by atoms with Gasteiger partial charge in [0.1, 0.15) is 0 Å². The summed E-state index contributed by atoms with van der Waals surface area (Å²) in [6, 6.07) is 19.6. The summed E-state index contributed by atoms with van der Waals surface area (Å²) in [6.45, 7) is 7.61. The topological polar surface area (TPSA) is 99.9 Å². The van der Waals surface area contributed by atoms with Gasteiger partial charge in [0.15, 0.2) is 17.3 Å². The molecule has 0 spiro atoms. The summed E-state index contributed by atoms with van der Waals surface area (Å²) in [5.74, 6) is -0.644. The van der Waals surface area contributed by atoms with Crippen molar-refractivity contribution >= 4 is 32.4 Å². The van der Waals surface area contributed by atoms with Crippen LogP contribution in [0.2, 0.25) is 0 Å². The molecule has 2 heterocycles. The maximum absolute atomic E-state index is 14.5. The molecule has 0 aliphatic carbocycles. The van der Waals surface area contributed by atoms with Crippen molar-refractivity contribution in [1.82, 2.24) is 19.6 Å². The minimum Gasteiger partial charge on any atom is -0.494 e. The third-order valence-corrected chi connectivity index (χ3v) is 9.76. The minimum atomic E-state index is -0.446. The number of benzene rings is 3. The molecule has 1 aliphatic rings. The van der Waals surface area contributed by atoms with Crippen molar-refractivity contribution < 1.29 is 23.8 Å². The lowest BCUT2D eigenvalue weighted by Crippen LogP contribution is -2.46. The van der Waals surface area contributed by atoms with Crippen LogP contribution in [0.25, 0.3) is 5.69 Å². The van der Waals surface area contributed by atoms with Crippen LogP contribution in [0.3, 0.4) is 0 Å². The molecule has 0 saturated carbocycles. The zero-order valence-electron chi connectivity index (χ0n) is 28.1. The molecule has 2 amide bonds. The molecule has 9 nitrogen and oxygen atoms in total. The molecule has 3 aromatic carbocycles. The van der Waals surface area contributed by atoms with Gasteiger partial charge < -0.3 is 24.6 Å². The van der Waals surface area contributed by atoms with Crippen LogP contribution in [0.15, 0.2) is 66.7 Å². The number of hydrogen-bond acceptors (Lipinski definition) is 6. The van der Waals surface area contributed by atoms with Crippen LogP contribution in [0.1, 0.15) is 77.2 Å². The van der Waals surface area contributed by atoms with Gasteiger partial charge in [0.25, 0.3) is 11.8 Å². The molecule has 252 valence electrons. The maximum Gasteiger partial charge on any atom is 0.274 e. The Morgan fingerprint density at radius 2 is 1.77 bits per heavy atom. The van der Waals surface area contributed by atoms with Crippen LogP contribution in [-0.4, -0.2) is 79.0 Å². The van der Waals surface area contributed by atoms with Gasteiger partial charge in [-0.15, -0.1) is 0 Å². The molecule has 1 aromatic heterocycles. The summed E-state index contributed by atoms with van der Waals surface area (Å²) in [5.41, 5.74) is 4.79. The number of unbranched alkanes of at least 4 members (excludes halogenated alkanes) is 2. The second-order valence-corrected chi connectivity index (χ2v) is 13.2. The number of aliphatic hydroxyl groups is 1. The van der Waals surface area contributed by atoms with E-state index in [2.05, 4.69) is 18.8 Å². The zero-order valence-corrected chi connectivity index (χ0v) is 29.1. The molecule has 1 aliphatic heterocycles. The minimum absolute atomic E-state index is 0.0179. The Labute approximate surface area is 284 Å². The molecule has 11 heteroatoms. The van der Waals surface area contributed by atoms with Crippen molar-refractivity contribution in [3.05, 3.63) is 101 Å². The normalized spacial score (nSPS) is 14.0. The third-order valence-electron chi connectivity index (χ3n) is 8.74. The number of nitrogens with one attached hydrogen (secondary N) is 1. The summed E-state index contributed by atoms with van der Waals surface area (Å²) in [5, 5.41) is 15.9. The van der Waals surface area contributed by atoms with Gasteiger partial charge in [0, 0.05) is 31.0 Å². The van der Waals surface area contributed by atoms with E-state index < -0.39 is 11.9 Å². The first-order valence-corrected chi connectivity index (χ1v) is 17.6. The number of fused-ring (bicyclic) bond motifs is 1. The molecule has 5 rings (SSSR count). The van der Waals surface area contributed by atoms with Gasteiger partial charge in [-0.3, -0.25) is 9.59 Å². The average molecular weight is 670 g/mol. The lowest BCUT2D eigenvalue weighted by atomic mass is 9.93. The van der Waals surface area contributed by atoms with Gasteiger partial charge in [0.2, 0.25) is 9.68 Å². The number of anilines is 1. The summed E-state index contributed by atoms with van der Waals surface area (Å²) >= 11 is 0. The number of rotatable bonds is 14. The summed E-state index contributed by atoms with van der Waals surface area (Å²) < 4.78 is 21.1. The highest BCUT2D eigenvalue weighted by molar-refractivity contribution is 6.56. The number of amides is 2. The number of aliphatic hydroxyl groups excluding tert-OH is 1. The Bertz CT molecular complexity index is 1740. The van der Waals surface area contributed by atoms with Crippen molar-refractivity contribution in [2.75, 3.05) is 31.8 Å². The summed E-state index contributed by atoms with van der Waals surface area (Å²) in [6.07, 6.45) is 4.34. The van der Waals surface area contributed by atoms with Gasteiger partial charge in [-0.1, -0.05) is 57.0 Å². The van der Waals surface area contributed by atoms with Crippen LogP contribution in [0.4, 0.5) is 10.1 Å². The summed E-state index contributed by atoms with van der Waals surface area (Å²) in [4.78, 5) is 35.1. The number of methoxy groups -OCH3 is 1. The van der Waals surface area contributed by atoms with Gasteiger partial charge in [-0.25, -0.2) is 9.07 Å². The second kappa shape index (κ2) is 16.1. The first-order valence-electron chi connectivity index (χ1n) is 16.6. The predicted molar refractivity (Wildman–Crippen MR) is 187 cm³/mol. The number of nitrogens with zero attached hydrogens (tertiary/aromatic N) is 4. The largest absolute Gasteiger partial charge is 0.494 e. The molecule has 0 bridgehead atoms. The maximum atomic E-state index is 14.5. The number of hydrogen-bond donors (Lipinski definition) is 2. The number of carbonyl (C=O) groups is 2. The molecule has 48 heavy (non-hydrogen) atoms. The highest BCUT2D eigenvalue weighted by Gasteiger charge is 2.32. The van der Waals surface area contributed by atoms with Crippen LogP contribution in [-0.2, 0) is 13.0 Å². The van der Waals surface area contributed by atoms with Crippen LogP contribution in [0, 0.1) is 12.7 Å². The smallest absolute Gasteiger partial charge is 0.274 e. The van der Waals surface area contributed by atoms with Crippen molar-refractivity contribution in [3.8, 4) is 11.4 Å². The quantitative estimate of drug-likeness (QED) is 0.177. The molecule has 2 N–H and O–H groups in total. The van der Waals surface area contributed by atoms with Crippen molar-refractivity contribution in [3.63, 3.8) is 0 Å².